The van der Waals surface area contributed by atoms with Crippen molar-refractivity contribution in [3.8, 4) is 0 Å². The monoisotopic (exact) mass is 452 g/mol. The normalized spacial score (nSPS) is 12.7. The van der Waals surface area contributed by atoms with E-state index in [1.54, 1.807) is 18.7 Å². The van der Waals surface area contributed by atoms with E-state index in [0.717, 1.165) is 37.7 Å². The van der Waals surface area contributed by atoms with Gasteiger partial charge in [0.25, 0.3) is 0 Å². The number of ether oxygens (including phenoxy) is 1. The second-order valence-corrected chi connectivity index (χ2v) is 8.77. The number of allylic oxidation sites excluding steroid dienone is 5. The van der Waals surface area contributed by atoms with Gasteiger partial charge in [-0.15, -0.1) is 0 Å². The second-order valence-electron chi connectivity index (χ2n) is 7.70. The molecule has 0 aromatic rings. The van der Waals surface area contributed by atoms with Crippen LogP contribution in [0.25, 0.3) is 0 Å². The molecule has 0 spiro atoms. The Hall–Kier alpha value is -2.02. The maximum Gasteiger partial charge on any atom is 0.315 e. The van der Waals surface area contributed by atoms with Crippen LogP contribution in [-0.4, -0.2) is 49.0 Å². The molecule has 0 bridgehead atoms. The van der Waals surface area contributed by atoms with Gasteiger partial charge in [0.1, 0.15) is 6.29 Å². The smallest absolute Gasteiger partial charge is 0.315 e. The first-order chi connectivity index (χ1) is 14.8. The molecule has 0 aliphatic heterocycles. The largest absolute Gasteiger partial charge is 0.466 e. The van der Waals surface area contributed by atoms with E-state index in [4.69, 9.17) is 4.74 Å². The summed E-state index contributed by atoms with van der Waals surface area (Å²) in [7, 11) is 0. The molecule has 2 amide bonds. The van der Waals surface area contributed by atoms with Gasteiger partial charge in [-0.05, 0) is 60.3 Å². The third-order valence-corrected chi connectivity index (χ3v) is 5.37. The van der Waals surface area contributed by atoms with Crippen LogP contribution in [0.2, 0.25) is 0 Å². The average molecular weight is 453 g/mol. The van der Waals surface area contributed by atoms with Crippen molar-refractivity contribution in [1.29, 1.82) is 0 Å². The van der Waals surface area contributed by atoms with Gasteiger partial charge in [0.05, 0.1) is 19.1 Å². The molecule has 1 unspecified atom stereocenters. The minimum absolute atomic E-state index is 0.107. The number of rotatable bonds is 16. The van der Waals surface area contributed by atoms with Crippen LogP contribution in [0, 0.1) is 0 Å². The molecule has 0 aromatic carbocycles. The minimum atomic E-state index is -0.562. The number of urea groups is 1. The van der Waals surface area contributed by atoms with E-state index < -0.39 is 12.1 Å². The van der Waals surface area contributed by atoms with Gasteiger partial charge < -0.3 is 20.2 Å². The Morgan fingerprint density at radius 1 is 0.968 bits per heavy atom. The highest BCUT2D eigenvalue weighted by molar-refractivity contribution is 7.99. The Kier molecular flexibility index (Phi) is 17.5. The summed E-state index contributed by atoms with van der Waals surface area (Å²) in [6.07, 6.45) is 11.9. The van der Waals surface area contributed by atoms with E-state index in [9.17, 15) is 14.4 Å². The average Bonchev–Trinajstić information content (AvgIpc) is 2.70. The van der Waals surface area contributed by atoms with E-state index in [1.165, 1.54) is 16.7 Å². The Labute approximate surface area is 192 Å². The zero-order chi connectivity index (χ0) is 23.5. The quantitative estimate of drug-likeness (QED) is 0.150. The lowest BCUT2D eigenvalue weighted by Gasteiger charge is -2.13. The lowest BCUT2D eigenvalue weighted by atomic mass is 10.1. The number of thioether (sulfide) groups is 1. The van der Waals surface area contributed by atoms with Gasteiger partial charge in [0.15, 0.2) is 0 Å². The Morgan fingerprint density at radius 3 is 2.23 bits per heavy atom. The summed E-state index contributed by atoms with van der Waals surface area (Å²) in [5.41, 5.74) is 4.12. The van der Waals surface area contributed by atoms with E-state index in [2.05, 4.69) is 56.6 Å². The fourth-order valence-electron chi connectivity index (χ4n) is 2.58. The predicted molar refractivity (Wildman–Crippen MR) is 130 cm³/mol. The number of aldehydes is 1. The van der Waals surface area contributed by atoms with Crippen LogP contribution in [0.3, 0.4) is 0 Å². The molecule has 0 rings (SSSR count). The molecule has 2 N–H and O–H groups in total. The predicted octanol–water partition coefficient (Wildman–Crippen LogP) is 4.96. The molecule has 31 heavy (non-hydrogen) atoms. The van der Waals surface area contributed by atoms with Crippen LogP contribution >= 0.6 is 11.8 Å². The highest BCUT2D eigenvalue weighted by Gasteiger charge is 2.11. The molecule has 0 radical (unpaired) electrons. The first kappa shape index (κ1) is 29.0. The van der Waals surface area contributed by atoms with Crippen LogP contribution in [0.4, 0.5) is 4.79 Å². The van der Waals surface area contributed by atoms with Crippen molar-refractivity contribution in [3.63, 3.8) is 0 Å². The van der Waals surface area contributed by atoms with E-state index in [-0.39, 0.29) is 18.9 Å². The summed E-state index contributed by atoms with van der Waals surface area (Å²) in [4.78, 5) is 34.2. The topological polar surface area (TPSA) is 84.5 Å². The summed E-state index contributed by atoms with van der Waals surface area (Å²) in [6.45, 7) is 10.8. The molecule has 0 aromatic heterocycles. The number of hydrogen-bond donors (Lipinski definition) is 2. The lowest BCUT2D eigenvalue weighted by molar-refractivity contribution is -0.142. The van der Waals surface area contributed by atoms with Gasteiger partial charge >= 0.3 is 12.0 Å². The zero-order valence-electron chi connectivity index (χ0n) is 19.8. The molecule has 7 heteroatoms. The fourth-order valence-corrected chi connectivity index (χ4v) is 3.53. The van der Waals surface area contributed by atoms with Crippen LogP contribution in [0.1, 0.15) is 66.7 Å². The van der Waals surface area contributed by atoms with Crippen molar-refractivity contribution in [2.45, 2.75) is 72.8 Å². The van der Waals surface area contributed by atoms with Gasteiger partial charge in [0, 0.05) is 18.1 Å². The maximum atomic E-state index is 11.8. The maximum absolute atomic E-state index is 11.8. The van der Waals surface area contributed by atoms with Gasteiger partial charge in [-0.1, -0.05) is 34.9 Å². The Balaban J connectivity index is 4.05. The highest BCUT2D eigenvalue weighted by atomic mass is 32.2. The molecule has 1 atom stereocenters. The molecule has 0 saturated heterocycles. The van der Waals surface area contributed by atoms with Gasteiger partial charge in [-0.25, -0.2) is 4.79 Å². The van der Waals surface area contributed by atoms with Crippen LogP contribution in [0.15, 0.2) is 34.9 Å². The first-order valence-electron chi connectivity index (χ1n) is 11.0. The van der Waals surface area contributed by atoms with Crippen LogP contribution in [-0.2, 0) is 14.3 Å². The molecule has 0 fully saturated rings. The van der Waals surface area contributed by atoms with Crippen molar-refractivity contribution < 1.29 is 19.1 Å². The Bertz CT molecular complexity index is 637. The fraction of sp³-hybridized carbons (Fsp3) is 0.625. The number of carbonyl (C=O) groups is 3. The van der Waals surface area contributed by atoms with Crippen LogP contribution < -0.4 is 10.6 Å². The van der Waals surface area contributed by atoms with Crippen molar-refractivity contribution in [2.24, 2.45) is 0 Å². The SMILES string of the molecule is CCOC(=O)CCNC(=O)NC(C=O)CSC/C=C(\C)CC/C=C(\C)CCC=C(C)C. The first-order valence-corrected chi connectivity index (χ1v) is 12.1. The van der Waals surface area contributed by atoms with Crippen LogP contribution in [0.5, 0.6) is 0 Å². The van der Waals surface area contributed by atoms with Gasteiger partial charge in [0.2, 0.25) is 0 Å². The number of esters is 1. The third kappa shape index (κ3) is 18.5. The standard InChI is InChI=1S/C24H40N2O4S/c1-6-30-23(28)13-15-25-24(29)26-22(17-27)18-31-16-14-21(5)12-8-11-20(4)10-7-9-19(2)3/h9,11,14,17,22H,6-8,10,12-13,15-16,18H2,1-5H3,(H2,25,26,29)/b20-11+,21-14+. The van der Waals surface area contributed by atoms with Crippen molar-refractivity contribution in [3.05, 3.63) is 34.9 Å². The lowest BCUT2D eigenvalue weighted by Crippen LogP contribution is -2.44. The second kappa shape index (κ2) is 18.7. The molecule has 176 valence electrons. The van der Waals surface area contributed by atoms with Crippen molar-refractivity contribution >= 4 is 30.0 Å². The molecule has 0 aliphatic rings. The Morgan fingerprint density at radius 2 is 1.61 bits per heavy atom. The van der Waals surface area contributed by atoms with Crippen molar-refractivity contribution in [1.82, 2.24) is 10.6 Å². The summed E-state index contributed by atoms with van der Waals surface area (Å²) >= 11 is 1.60. The van der Waals surface area contributed by atoms with Gasteiger partial charge in [-0.2, -0.15) is 11.8 Å². The molecule has 0 saturated carbocycles. The summed E-state index contributed by atoms with van der Waals surface area (Å²) in [5.74, 6) is 0.940. The molecular formula is C24H40N2O4S. The van der Waals surface area contributed by atoms with Gasteiger partial charge in [-0.3, -0.25) is 4.79 Å². The summed E-state index contributed by atoms with van der Waals surface area (Å²) in [5, 5.41) is 5.16. The number of amides is 2. The number of nitrogens with one attached hydrogen (secondary N) is 2. The molecule has 0 aliphatic carbocycles. The molecule has 0 heterocycles. The minimum Gasteiger partial charge on any atom is -0.466 e. The highest BCUT2D eigenvalue weighted by Crippen LogP contribution is 2.12. The van der Waals surface area contributed by atoms with E-state index in [0.29, 0.717) is 12.4 Å². The van der Waals surface area contributed by atoms with E-state index >= 15 is 0 Å². The summed E-state index contributed by atoms with van der Waals surface area (Å²) < 4.78 is 4.79. The zero-order valence-corrected chi connectivity index (χ0v) is 20.6. The number of hydrogen-bond acceptors (Lipinski definition) is 5. The summed E-state index contributed by atoms with van der Waals surface area (Å²) in [6, 6.07) is -1.02. The molecule has 6 nitrogen and oxygen atoms in total. The molecular weight excluding hydrogens is 412 g/mol. The number of carbonyl (C=O) groups excluding carboxylic acids is 3. The third-order valence-electron chi connectivity index (χ3n) is 4.37. The van der Waals surface area contributed by atoms with Crippen molar-refractivity contribution in [2.75, 3.05) is 24.7 Å². The van der Waals surface area contributed by atoms with E-state index in [1.807, 2.05) is 0 Å².